The molecule has 2 rings (SSSR count). The second kappa shape index (κ2) is 6.10. The summed E-state index contributed by atoms with van der Waals surface area (Å²) in [6.45, 7) is 5.62. The average molecular weight is 289 g/mol. The smallest absolute Gasteiger partial charge is 0.328 e. The Balaban J connectivity index is 2.08. The minimum atomic E-state index is -0.995. The van der Waals surface area contributed by atoms with E-state index in [0.29, 0.717) is 25.3 Å². The van der Waals surface area contributed by atoms with Crippen LogP contribution in [0.3, 0.4) is 0 Å². The molecule has 112 valence electrons. The highest BCUT2D eigenvalue weighted by Gasteiger charge is 2.30. The Kier molecular flexibility index (Phi) is 4.43. The largest absolute Gasteiger partial charge is 0.478 e. The summed E-state index contributed by atoms with van der Waals surface area (Å²) in [6.07, 6.45) is 2.57. The molecule has 1 N–H and O–H groups in total. The van der Waals surface area contributed by atoms with Crippen molar-refractivity contribution in [3.8, 4) is 0 Å². The van der Waals surface area contributed by atoms with Gasteiger partial charge in [0.1, 0.15) is 0 Å². The molecule has 0 aliphatic carbocycles. The number of carboxylic acid groups (broad SMARTS) is 1. The number of hydrogen-bond donors (Lipinski definition) is 1. The van der Waals surface area contributed by atoms with E-state index < -0.39 is 5.97 Å². The van der Waals surface area contributed by atoms with E-state index in [-0.39, 0.29) is 11.5 Å². The van der Waals surface area contributed by atoms with Crippen molar-refractivity contribution in [3.05, 3.63) is 41.5 Å². The van der Waals surface area contributed by atoms with Crippen LogP contribution in [0.1, 0.15) is 29.8 Å². The molecule has 1 aromatic carbocycles. The van der Waals surface area contributed by atoms with Crippen LogP contribution in [-0.2, 0) is 9.53 Å². The van der Waals surface area contributed by atoms with Crippen molar-refractivity contribution < 1.29 is 19.4 Å². The molecule has 1 aliphatic heterocycles. The van der Waals surface area contributed by atoms with Crippen LogP contribution in [0.5, 0.6) is 0 Å². The van der Waals surface area contributed by atoms with Gasteiger partial charge in [0.2, 0.25) is 0 Å². The molecule has 0 atom stereocenters. The minimum Gasteiger partial charge on any atom is -0.478 e. The summed E-state index contributed by atoms with van der Waals surface area (Å²) in [5.41, 5.74) is 1.02. The van der Waals surface area contributed by atoms with Crippen molar-refractivity contribution in [2.75, 3.05) is 19.7 Å². The zero-order chi connectivity index (χ0) is 15.5. The number of ether oxygens (including phenoxy) is 1. The zero-order valence-electron chi connectivity index (χ0n) is 12.2. The Hall–Kier alpha value is -2.14. The van der Waals surface area contributed by atoms with Gasteiger partial charge in [0.05, 0.1) is 12.2 Å². The van der Waals surface area contributed by atoms with Gasteiger partial charge in [-0.15, -0.1) is 0 Å². The van der Waals surface area contributed by atoms with E-state index in [4.69, 9.17) is 9.84 Å². The molecule has 1 heterocycles. The van der Waals surface area contributed by atoms with E-state index in [1.54, 1.807) is 29.2 Å². The number of hydrogen-bond acceptors (Lipinski definition) is 3. The predicted octanol–water partition coefficient (Wildman–Crippen LogP) is 2.04. The van der Waals surface area contributed by atoms with Crippen molar-refractivity contribution >= 4 is 18.0 Å². The lowest BCUT2D eigenvalue weighted by Crippen LogP contribution is -2.50. The fourth-order valence-electron chi connectivity index (χ4n) is 2.28. The third kappa shape index (κ3) is 4.16. The van der Waals surface area contributed by atoms with E-state index in [1.807, 2.05) is 13.8 Å². The summed E-state index contributed by atoms with van der Waals surface area (Å²) in [5, 5.41) is 8.58. The van der Waals surface area contributed by atoms with Gasteiger partial charge in [-0.3, -0.25) is 4.79 Å². The molecule has 0 aromatic heterocycles. The molecule has 5 heteroatoms. The van der Waals surface area contributed by atoms with Crippen LogP contribution in [0.2, 0.25) is 0 Å². The van der Waals surface area contributed by atoms with Crippen LogP contribution in [0.25, 0.3) is 6.08 Å². The molecule has 0 spiro atoms. The Morgan fingerprint density at radius 2 is 1.95 bits per heavy atom. The molecule has 1 aliphatic rings. The minimum absolute atomic E-state index is 0.0276. The van der Waals surface area contributed by atoms with Crippen molar-refractivity contribution in [1.82, 2.24) is 4.90 Å². The van der Waals surface area contributed by atoms with Gasteiger partial charge in [0.15, 0.2) is 0 Å². The molecule has 21 heavy (non-hydrogen) atoms. The highest BCUT2D eigenvalue weighted by atomic mass is 16.5. The van der Waals surface area contributed by atoms with Gasteiger partial charge in [0.25, 0.3) is 5.91 Å². The number of carbonyl (C=O) groups is 2. The van der Waals surface area contributed by atoms with E-state index in [9.17, 15) is 9.59 Å². The zero-order valence-corrected chi connectivity index (χ0v) is 12.2. The first-order chi connectivity index (χ1) is 9.87. The van der Waals surface area contributed by atoms with E-state index >= 15 is 0 Å². The number of carboxylic acids is 1. The van der Waals surface area contributed by atoms with E-state index in [2.05, 4.69) is 0 Å². The quantitative estimate of drug-likeness (QED) is 0.865. The van der Waals surface area contributed by atoms with Gasteiger partial charge in [-0.2, -0.15) is 0 Å². The second-order valence-electron chi connectivity index (χ2n) is 5.63. The lowest BCUT2D eigenvalue weighted by molar-refractivity contribution is -0.131. The van der Waals surface area contributed by atoms with Crippen LogP contribution in [0, 0.1) is 0 Å². The average Bonchev–Trinajstić information content (AvgIpc) is 2.44. The van der Waals surface area contributed by atoms with Crippen LogP contribution >= 0.6 is 0 Å². The third-order valence-electron chi connectivity index (χ3n) is 3.29. The molecule has 1 aromatic rings. The standard InChI is InChI=1S/C16H19NO4/c1-16(2)11-17(9-10-21-16)15(20)13-6-3-12(4-7-13)5-8-14(18)19/h3-8H,9-11H2,1-2H3,(H,18,19). The lowest BCUT2D eigenvalue weighted by atomic mass is 10.1. The topological polar surface area (TPSA) is 66.8 Å². The fraction of sp³-hybridized carbons (Fsp3) is 0.375. The molecule has 0 radical (unpaired) electrons. The van der Waals surface area contributed by atoms with Gasteiger partial charge >= 0.3 is 5.97 Å². The van der Waals surface area contributed by atoms with E-state index in [0.717, 1.165) is 11.6 Å². The number of benzene rings is 1. The van der Waals surface area contributed by atoms with Crippen LogP contribution in [0.15, 0.2) is 30.3 Å². The molecule has 1 amide bonds. The second-order valence-corrected chi connectivity index (χ2v) is 5.63. The van der Waals surface area contributed by atoms with Crippen molar-refractivity contribution in [3.63, 3.8) is 0 Å². The van der Waals surface area contributed by atoms with Crippen LogP contribution in [0.4, 0.5) is 0 Å². The molecule has 0 unspecified atom stereocenters. The molecule has 0 bridgehead atoms. The summed E-state index contributed by atoms with van der Waals surface area (Å²) in [6, 6.07) is 6.90. The summed E-state index contributed by atoms with van der Waals surface area (Å²) >= 11 is 0. The van der Waals surface area contributed by atoms with Gasteiger partial charge < -0.3 is 14.7 Å². The molecule has 1 fully saturated rings. The first-order valence-electron chi connectivity index (χ1n) is 6.82. The van der Waals surface area contributed by atoms with Crippen LogP contribution < -0.4 is 0 Å². The van der Waals surface area contributed by atoms with Gasteiger partial charge in [-0.25, -0.2) is 4.79 Å². The predicted molar refractivity (Wildman–Crippen MR) is 79.0 cm³/mol. The van der Waals surface area contributed by atoms with Crippen molar-refractivity contribution in [2.24, 2.45) is 0 Å². The highest BCUT2D eigenvalue weighted by Crippen LogP contribution is 2.18. The van der Waals surface area contributed by atoms with Gasteiger partial charge in [-0.1, -0.05) is 12.1 Å². The number of carbonyl (C=O) groups excluding carboxylic acids is 1. The Bertz CT molecular complexity index is 560. The number of amides is 1. The molecule has 1 saturated heterocycles. The van der Waals surface area contributed by atoms with Crippen LogP contribution in [-0.4, -0.2) is 47.2 Å². The summed E-state index contributed by atoms with van der Waals surface area (Å²) in [7, 11) is 0. The molecular formula is C16H19NO4. The first kappa shape index (κ1) is 15.3. The third-order valence-corrected chi connectivity index (χ3v) is 3.29. The molecule has 0 saturated carbocycles. The number of aliphatic carboxylic acids is 1. The molecular weight excluding hydrogens is 270 g/mol. The number of nitrogens with zero attached hydrogens (tertiary/aromatic N) is 1. The van der Waals surface area contributed by atoms with Gasteiger partial charge in [-0.05, 0) is 37.6 Å². The fourth-order valence-corrected chi connectivity index (χ4v) is 2.28. The summed E-state index contributed by atoms with van der Waals surface area (Å²) in [4.78, 5) is 24.7. The Morgan fingerprint density at radius 1 is 1.29 bits per heavy atom. The monoisotopic (exact) mass is 289 g/mol. The lowest BCUT2D eigenvalue weighted by Gasteiger charge is -2.38. The Morgan fingerprint density at radius 3 is 2.52 bits per heavy atom. The maximum Gasteiger partial charge on any atom is 0.328 e. The first-order valence-corrected chi connectivity index (χ1v) is 6.82. The molecule has 5 nitrogen and oxygen atoms in total. The Labute approximate surface area is 123 Å². The van der Waals surface area contributed by atoms with Crippen molar-refractivity contribution in [2.45, 2.75) is 19.4 Å². The normalized spacial score (nSPS) is 17.9. The number of morpholine rings is 1. The SMILES string of the molecule is CC1(C)CN(C(=O)c2ccc(C=CC(=O)O)cc2)CCO1. The van der Waals surface area contributed by atoms with E-state index in [1.165, 1.54) is 6.08 Å². The maximum atomic E-state index is 12.4. The van der Waals surface area contributed by atoms with Crippen molar-refractivity contribution in [1.29, 1.82) is 0 Å². The number of rotatable bonds is 3. The van der Waals surface area contributed by atoms with Gasteiger partial charge in [0, 0.05) is 24.7 Å². The summed E-state index contributed by atoms with van der Waals surface area (Å²) < 4.78 is 5.60. The maximum absolute atomic E-state index is 12.4. The summed E-state index contributed by atoms with van der Waals surface area (Å²) in [5.74, 6) is -1.02. The highest BCUT2D eigenvalue weighted by molar-refractivity contribution is 5.94.